The molecule has 0 unspecified atom stereocenters. The zero-order chi connectivity index (χ0) is 16.5. The van der Waals surface area contributed by atoms with Crippen LogP contribution in [0.2, 0.25) is 0 Å². The molecule has 0 aromatic carbocycles. The number of aliphatic carboxylic acids is 1. The molecular formula is C15H32N4O2. The Morgan fingerprint density at radius 3 is 2.19 bits per heavy atom. The van der Waals surface area contributed by atoms with Gasteiger partial charge in [0.25, 0.3) is 5.97 Å². The normalized spacial score (nSPS) is 17.2. The first-order valence-electron chi connectivity index (χ1n) is 7.64. The number of rotatable bonds is 5. The van der Waals surface area contributed by atoms with Crippen LogP contribution in [0.4, 0.5) is 0 Å². The SMILES string of the molecule is CC(=O)O.CC(CC(C)(C)C1CCCCC1)=NNC(N)N. The summed E-state index contributed by atoms with van der Waals surface area (Å²) in [6, 6.07) is 0. The molecule has 0 atom stereocenters. The zero-order valence-electron chi connectivity index (χ0n) is 13.9. The molecule has 0 saturated heterocycles. The van der Waals surface area contributed by atoms with Gasteiger partial charge in [-0.1, -0.05) is 33.1 Å². The monoisotopic (exact) mass is 300 g/mol. The van der Waals surface area contributed by atoms with Gasteiger partial charge in [-0.15, -0.1) is 0 Å². The predicted octanol–water partition coefficient (Wildman–Crippen LogP) is 2.24. The molecule has 21 heavy (non-hydrogen) atoms. The van der Waals surface area contributed by atoms with Crippen molar-refractivity contribution in [3.8, 4) is 0 Å². The third-order valence-corrected chi connectivity index (χ3v) is 3.83. The minimum Gasteiger partial charge on any atom is -0.481 e. The van der Waals surface area contributed by atoms with Crippen LogP contribution < -0.4 is 16.9 Å². The summed E-state index contributed by atoms with van der Waals surface area (Å²) in [5, 5.41) is 11.6. The van der Waals surface area contributed by atoms with Crippen LogP contribution in [0.3, 0.4) is 0 Å². The summed E-state index contributed by atoms with van der Waals surface area (Å²) in [6.45, 7) is 7.83. The Labute approximate surface area is 128 Å². The number of carboxylic acid groups (broad SMARTS) is 1. The Hall–Kier alpha value is -1.14. The summed E-state index contributed by atoms with van der Waals surface area (Å²) >= 11 is 0. The topological polar surface area (TPSA) is 114 Å². The molecule has 1 saturated carbocycles. The molecule has 6 N–H and O–H groups in total. The van der Waals surface area contributed by atoms with E-state index < -0.39 is 12.3 Å². The van der Waals surface area contributed by atoms with Crippen molar-refractivity contribution in [2.45, 2.75) is 72.5 Å². The van der Waals surface area contributed by atoms with Crippen LogP contribution in [0.5, 0.6) is 0 Å². The summed E-state index contributed by atoms with van der Waals surface area (Å²) < 4.78 is 0. The lowest BCUT2D eigenvalue weighted by Gasteiger charge is -2.37. The van der Waals surface area contributed by atoms with Crippen molar-refractivity contribution in [3.63, 3.8) is 0 Å². The number of hydrogen-bond acceptors (Lipinski definition) is 5. The van der Waals surface area contributed by atoms with Gasteiger partial charge in [0.1, 0.15) is 6.29 Å². The third kappa shape index (κ3) is 10.3. The summed E-state index contributed by atoms with van der Waals surface area (Å²) in [5.41, 5.74) is 14.9. The van der Waals surface area contributed by atoms with E-state index in [0.717, 1.165) is 25.0 Å². The second kappa shape index (κ2) is 9.73. The van der Waals surface area contributed by atoms with Crippen molar-refractivity contribution in [2.24, 2.45) is 27.9 Å². The van der Waals surface area contributed by atoms with Crippen molar-refractivity contribution in [2.75, 3.05) is 0 Å². The quantitative estimate of drug-likeness (QED) is 0.353. The molecule has 0 heterocycles. The zero-order valence-corrected chi connectivity index (χ0v) is 13.9. The first-order chi connectivity index (χ1) is 9.65. The number of carbonyl (C=O) groups is 1. The second-order valence-electron chi connectivity index (χ2n) is 6.52. The number of nitrogens with zero attached hydrogens (tertiary/aromatic N) is 1. The predicted molar refractivity (Wildman–Crippen MR) is 86.7 cm³/mol. The lowest BCUT2D eigenvalue weighted by Crippen LogP contribution is -2.42. The van der Waals surface area contributed by atoms with E-state index >= 15 is 0 Å². The lowest BCUT2D eigenvalue weighted by atomic mass is 9.69. The van der Waals surface area contributed by atoms with Gasteiger partial charge < -0.3 is 5.11 Å². The maximum atomic E-state index is 9.00. The molecule has 1 rings (SSSR count). The summed E-state index contributed by atoms with van der Waals surface area (Å²) in [7, 11) is 0. The summed E-state index contributed by atoms with van der Waals surface area (Å²) in [5.74, 6) is -0.00653. The van der Waals surface area contributed by atoms with E-state index in [1.165, 1.54) is 32.1 Å². The largest absolute Gasteiger partial charge is 0.481 e. The average Bonchev–Trinajstić information content (AvgIpc) is 2.36. The molecule has 6 nitrogen and oxygen atoms in total. The van der Waals surface area contributed by atoms with Crippen molar-refractivity contribution in [1.82, 2.24) is 5.43 Å². The van der Waals surface area contributed by atoms with Crippen molar-refractivity contribution in [3.05, 3.63) is 0 Å². The van der Waals surface area contributed by atoms with Crippen molar-refractivity contribution in [1.29, 1.82) is 0 Å². The van der Waals surface area contributed by atoms with Crippen LogP contribution in [-0.2, 0) is 4.79 Å². The van der Waals surface area contributed by atoms with Gasteiger partial charge in [0.15, 0.2) is 0 Å². The van der Waals surface area contributed by atoms with Gasteiger partial charge in [0.2, 0.25) is 0 Å². The molecule has 0 radical (unpaired) electrons. The Balaban J connectivity index is 0.000000885. The fourth-order valence-electron chi connectivity index (χ4n) is 2.91. The molecule has 124 valence electrons. The van der Waals surface area contributed by atoms with Crippen LogP contribution >= 0.6 is 0 Å². The van der Waals surface area contributed by atoms with E-state index in [9.17, 15) is 0 Å². The highest BCUT2D eigenvalue weighted by atomic mass is 16.4. The number of nitrogens with two attached hydrogens (primary N) is 2. The Kier molecular flexibility index (Phi) is 9.21. The van der Waals surface area contributed by atoms with E-state index in [0.29, 0.717) is 5.41 Å². The molecular weight excluding hydrogens is 268 g/mol. The highest BCUT2D eigenvalue weighted by Gasteiger charge is 2.30. The van der Waals surface area contributed by atoms with Crippen molar-refractivity contribution < 1.29 is 9.90 Å². The molecule has 6 heteroatoms. The average molecular weight is 300 g/mol. The van der Waals surface area contributed by atoms with Crippen LogP contribution in [-0.4, -0.2) is 23.1 Å². The van der Waals surface area contributed by atoms with Gasteiger partial charge in [-0.2, -0.15) is 5.10 Å². The summed E-state index contributed by atoms with van der Waals surface area (Å²) in [4.78, 5) is 9.00. The maximum absolute atomic E-state index is 9.00. The van der Waals surface area contributed by atoms with Crippen LogP contribution in [0.15, 0.2) is 5.10 Å². The number of hydrogen-bond donors (Lipinski definition) is 4. The molecule has 1 fully saturated rings. The number of hydrazone groups is 1. The smallest absolute Gasteiger partial charge is 0.300 e. The van der Waals surface area contributed by atoms with Gasteiger partial charge in [0.05, 0.1) is 0 Å². The highest BCUT2D eigenvalue weighted by Crippen LogP contribution is 2.40. The van der Waals surface area contributed by atoms with Crippen LogP contribution in [0, 0.1) is 11.3 Å². The molecule has 0 aromatic rings. The lowest BCUT2D eigenvalue weighted by molar-refractivity contribution is -0.134. The van der Waals surface area contributed by atoms with E-state index in [4.69, 9.17) is 21.4 Å². The van der Waals surface area contributed by atoms with Gasteiger partial charge in [0, 0.05) is 12.6 Å². The molecule has 0 bridgehead atoms. The standard InChI is InChI=1S/C13H28N4.C2H4O2/c1-10(16-17-12(14)15)9-13(2,3)11-7-5-4-6-8-11;1-2(3)4/h11-12,17H,4-9,14-15H2,1-3H3;1H3,(H,3,4). The number of nitrogens with one attached hydrogen (secondary N) is 1. The molecule has 1 aliphatic carbocycles. The maximum Gasteiger partial charge on any atom is 0.300 e. The minimum absolute atomic E-state index is 0.328. The van der Waals surface area contributed by atoms with E-state index in [1.54, 1.807) is 0 Å². The summed E-state index contributed by atoms with van der Waals surface area (Å²) in [6.07, 6.45) is 7.35. The second-order valence-corrected chi connectivity index (χ2v) is 6.52. The third-order valence-electron chi connectivity index (χ3n) is 3.83. The van der Waals surface area contributed by atoms with Gasteiger partial charge >= 0.3 is 0 Å². The molecule has 0 amide bonds. The van der Waals surface area contributed by atoms with Gasteiger partial charge in [-0.05, 0) is 37.5 Å². The molecule has 0 aromatic heterocycles. The van der Waals surface area contributed by atoms with E-state index in [2.05, 4.69) is 24.4 Å². The van der Waals surface area contributed by atoms with Gasteiger partial charge in [-0.3, -0.25) is 21.7 Å². The first kappa shape index (κ1) is 19.9. The Morgan fingerprint density at radius 2 is 1.76 bits per heavy atom. The van der Waals surface area contributed by atoms with Crippen molar-refractivity contribution >= 4 is 11.7 Å². The van der Waals surface area contributed by atoms with Gasteiger partial charge in [-0.25, -0.2) is 0 Å². The Bertz CT molecular complexity index is 331. The Morgan fingerprint density at radius 1 is 1.29 bits per heavy atom. The highest BCUT2D eigenvalue weighted by molar-refractivity contribution is 5.82. The minimum atomic E-state index is -0.833. The van der Waals surface area contributed by atoms with Crippen LogP contribution in [0.25, 0.3) is 0 Å². The van der Waals surface area contributed by atoms with Crippen LogP contribution in [0.1, 0.15) is 66.2 Å². The first-order valence-corrected chi connectivity index (χ1v) is 7.64. The van der Waals surface area contributed by atoms with E-state index in [-0.39, 0.29) is 0 Å². The number of carboxylic acids is 1. The van der Waals surface area contributed by atoms with E-state index in [1.807, 2.05) is 6.92 Å². The molecule has 1 aliphatic rings. The fourth-order valence-corrected chi connectivity index (χ4v) is 2.91. The molecule has 0 aliphatic heterocycles. The fraction of sp³-hybridized carbons (Fsp3) is 0.867. The molecule has 0 spiro atoms.